The van der Waals surface area contributed by atoms with Crippen LogP contribution < -0.4 is 10.1 Å². The van der Waals surface area contributed by atoms with Crippen LogP contribution in [-0.4, -0.2) is 20.1 Å². The molecule has 0 heterocycles. The summed E-state index contributed by atoms with van der Waals surface area (Å²) >= 11 is 0. The first kappa shape index (κ1) is 19.6. The van der Waals surface area contributed by atoms with Crippen molar-refractivity contribution in [1.29, 1.82) is 0 Å². The Bertz CT molecular complexity index is 1050. The minimum atomic E-state index is -3.26. The van der Waals surface area contributed by atoms with Crippen molar-refractivity contribution in [2.45, 2.75) is 18.4 Å². The molecule has 0 saturated heterocycles. The predicted octanol–water partition coefficient (Wildman–Crippen LogP) is 4.31. The molecule has 0 fully saturated rings. The van der Waals surface area contributed by atoms with Crippen LogP contribution in [0.15, 0.2) is 83.8 Å². The lowest BCUT2D eigenvalue weighted by atomic mass is 10.2. The molecule has 6 heteroatoms. The molecule has 0 aliphatic heterocycles. The highest BCUT2D eigenvalue weighted by Gasteiger charge is 2.12. The zero-order valence-corrected chi connectivity index (χ0v) is 16.3. The summed E-state index contributed by atoms with van der Waals surface area (Å²) in [6, 6.07) is 22.8. The number of hydrogen-bond acceptors (Lipinski definition) is 4. The fourth-order valence-electron chi connectivity index (χ4n) is 2.58. The fourth-order valence-corrected chi connectivity index (χ4v) is 3.47. The van der Waals surface area contributed by atoms with Crippen LogP contribution in [0.1, 0.15) is 22.8 Å². The van der Waals surface area contributed by atoms with Gasteiger partial charge in [-0.3, -0.25) is 4.79 Å². The SMILES string of the molecule is CCS(=O)(=O)c1ccc(NC(=O)c2cccc(OCc3ccccc3)c2)cc1. The van der Waals surface area contributed by atoms with E-state index in [2.05, 4.69) is 5.32 Å². The molecular weight excluding hydrogens is 374 g/mol. The van der Waals surface area contributed by atoms with Crippen LogP contribution >= 0.6 is 0 Å². The van der Waals surface area contributed by atoms with E-state index in [-0.39, 0.29) is 16.6 Å². The number of anilines is 1. The average Bonchev–Trinajstić information content (AvgIpc) is 2.73. The summed E-state index contributed by atoms with van der Waals surface area (Å²) in [7, 11) is -3.26. The van der Waals surface area contributed by atoms with Gasteiger partial charge in [0, 0.05) is 11.3 Å². The lowest BCUT2D eigenvalue weighted by molar-refractivity contribution is 0.102. The highest BCUT2D eigenvalue weighted by molar-refractivity contribution is 7.91. The van der Waals surface area contributed by atoms with Crippen molar-refractivity contribution in [2.24, 2.45) is 0 Å². The third kappa shape index (κ3) is 4.98. The van der Waals surface area contributed by atoms with Crippen molar-refractivity contribution in [3.8, 4) is 5.75 Å². The second kappa shape index (κ2) is 8.71. The number of nitrogens with one attached hydrogen (secondary N) is 1. The number of hydrogen-bond donors (Lipinski definition) is 1. The maximum atomic E-state index is 12.5. The van der Waals surface area contributed by atoms with E-state index in [1.807, 2.05) is 30.3 Å². The van der Waals surface area contributed by atoms with Gasteiger partial charge in [0.15, 0.2) is 9.84 Å². The molecule has 0 bridgehead atoms. The molecule has 0 aliphatic rings. The van der Waals surface area contributed by atoms with Crippen LogP contribution in [0.25, 0.3) is 0 Å². The molecule has 3 aromatic rings. The number of ether oxygens (including phenoxy) is 1. The van der Waals surface area contributed by atoms with Crippen LogP contribution in [0.3, 0.4) is 0 Å². The van der Waals surface area contributed by atoms with Crippen molar-refractivity contribution in [3.05, 3.63) is 90.0 Å². The van der Waals surface area contributed by atoms with Gasteiger partial charge in [-0.25, -0.2) is 8.42 Å². The van der Waals surface area contributed by atoms with Crippen molar-refractivity contribution in [3.63, 3.8) is 0 Å². The molecule has 0 aromatic heterocycles. The minimum Gasteiger partial charge on any atom is -0.489 e. The molecule has 28 heavy (non-hydrogen) atoms. The van der Waals surface area contributed by atoms with E-state index in [1.165, 1.54) is 12.1 Å². The fraction of sp³-hybridized carbons (Fsp3) is 0.136. The molecule has 0 spiro atoms. The van der Waals surface area contributed by atoms with E-state index in [0.29, 0.717) is 23.6 Å². The van der Waals surface area contributed by atoms with Crippen LogP contribution in [0.4, 0.5) is 5.69 Å². The number of carbonyl (C=O) groups is 1. The van der Waals surface area contributed by atoms with Crippen molar-refractivity contribution >= 4 is 21.4 Å². The monoisotopic (exact) mass is 395 g/mol. The summed E-state index contributed by atoms with van der Waals surface area (Å²) < 4.78 is 29.5. The van der Waals surface area contributed by atoms with Gasteiger partial charge in [-0.2, -0.15) is 0 Å². The summed E-state index contributed by atoms with van der Waals surface area (Å²) in [5.74, 6) is 0.339. The molecule has 0 aliphatic carbocycles. The lowest BCUT2D eigenvalue weighted by Crippen LogP contribution is -2.12. The Hall–Kier alpha value is -3.12. The van der Waals surface area contributed by atoms with E-state index in [1.54, 1.807) is 43.3 Å². The van der Waals surface area contributed by atoms with Crippen LogP contribution in [0.2, 0.25) is 0 Å². The number of sulfone groups is 1. The van der Waals surface area contributed by atoms with Crippen LogP contribution in [0.5, 0.6) is 5.75 Å². The lowest BCUT2D eigenvalue weighted by Gasteiger charge is -2.09. The van der Waals surface area contributed by atoms with Crippen molar-refractivity contribution in [2.75, 3.05) is 11.1 Å². The Morgan fingerprint density at radius 2 is 1.64 bits per heavy atom. The quantitative estimate of drug-likeness (QED) is 0.647. The van der Waals surface area contributed by atoms with Gasteiger partial charge in [0.05, 0.1) is 10.6 Å². The second-order valence-electron chi connectivity index (χ2n) is 6.18. The predicted molar refractivity (Wildman–Crippen MR) is 109 cm³/mol. The van der Waals surface area contributed by atoms with Crippen LogP contribution in [-0.2, 0) is 16.4 Å². The van der Waals surface area contributed by atoms with Gasteiger partial charge in [0.25, 0.3) is 5.91 Å². The minimum absolute atomic E-state index is 0.0362. The van der Waals surface area contributed by atoms with Gasteiger partial charge in [0.2, 0.25) is 0 Å². The summed E-state index contributed by atoms with van der Waals surface area (Å²) in [6.45, 7) is 2.01. The van der Waals surface area contributed by atoms with Gasteiger partial charge in [0.1, 0.15) is 12.4 Å². The molecule has 3 rings (SSSR count). The van der Waals surface area contributed by atoms with Gasteiger partial charge in [-0.05, 0) is 48.0 Å². The largest absolute Gasteiger partial charge is 0.489 e. The average molecular weight is 395 g/mol. The second-order valence-corrected chi connectivity index (χ2v) is 8.46. The molecule has 1 N–H and O–H groups in total. The smallest absolute Gasteiger partial charge is 0.255 e. The molecule has 5 nitrogen and oxygen atoms in total. The maximum absolute atomic E-state index is 12.5. The molecule has 0 radical (unpaired) electrons. The first-order valence-corrected chi connectivity index (χ1v) is 10.5. The molecule has 1 amide bonds. The number of carbonyl (C=O) groups excluding carboxylic acids is 1. The highest BCUT2D eigenvalue weighted by atomic mass is 32.2. The normalized spacial score (nSPS) is 11.0. The Balaban J connectivity index is 1.66. The van der Waals surface area contributed by atoms with E-state index in [9.17, 15) is 13.2 Å². The summed E-state index contributed by atoms with van der Waals surface area (Å²) in [6.07, 6.45) is 0. The molecule has 0 saturated carbocycles. The first-order chi connectivity index (χ1) is 13.5. The first-order valence-electron chi connectivity index (χ1n) is 8.89. The van der Waals surface area contributed by atoms with Crippen molar-refractivity contribution < 1.29 is 17.9 Å². The molecule has 0 atom stereocenters. The summed E-state index contributed by atoms with van der Waals surface area (Å²) in [5.41, 5.74) is 2.02. The number of amides is 1. The van der Waals surface area contributed by atoms with E-state index < -0.39 is 9.84 Å². The molecule has 0 unspecified atom stereocenters. The standard InChI is InChI=1S/C22H21NO4S/c1-2-28(25,26)21-13-11-19(12-14-21)23-22(24)18-9-6-10-20(15-18)27-16-17-7-4-3-5-8-17/h3-15H,2,16H2,1H3,(H,23,24). The van der Waals surface area contributed by atoms with E-state index >= 15 is 0 Å². The Morgan fingerprint density at radius 1 is 0.929 bits per heavy atom. The Morgan fingerprint density at radius 3 is 2.32 bits per heavy atom. The summed E-state index contributed by atoms with van der Waals surface area (Å²) in [5, 5.41) is 2.77. The molecule has 144 valence electrons. The Kier molecular flexibility index (Phi) is 6.11. The van der Waals surface area contributed by atoms with E-state index in [0.717, 1.165) is 5.56 Å². The molecule has 3 aromatic carbocycles. The van der Waals surface area contributed by atoms with Gasteiger partial charge in [-0.15, -0.1) is 0 Å². The third-order valence-corrected chi connectivity index (χ3v) is 5.95. The maximum Gasteiger partial charge on any atom is 0.255 e. The Labute approximate surface area is 164 Å². The molecular formula is C22H21NO4S. The number of benzene rings is 3. The zero-order valence-electron chi connectivity index (χ0n) is 15.5. The third-order valence-electron chi connectivity index (χ3n) is 4.20. The zero-order chi connectivity index (χ0) is 20.0. The number of rotatable bonds is 7. The summed E-state index contributed by atoms with van der Waals surface area (Å²) in [4.78, 5) is 12.7. The topological polar surface area (TPSA) is 72.5 Å². The van der Waals surface area contributed by atoms with Crippen molar-refractivity contribution in [1.82, 2.24) is 0 Å². The van der Waals surface area contributed by atoms with Gasteiger partial charge >= 0.3 is 0 Å². The highest BCUT2D eigenvalue weighted by Crippen LogP contribution is 2.19. The van der Waals surface area contributed by atoms with Crippen LogP contribution in [0, 0.1) is 0 Å². The van der Waals surface area contributed by atoms with E-state index in [4.69, 9.17) is 4.74 Å². The van der Waals surface area contributed by atoms with Gasteiger partial charge < -0.3 is 10.1 Å². The van der Waals surface area contributed by atoms with Gasteiger partial charge in [-0.1, -0.05) is 43.3 Å².